The number of methoxy groups -OCH3 is 1. The molecule has 4 aliphatic rings. The van der Waals surface area contributed by atoms with Gasteiger partial charge in [-0.25, -0.2) is 0 Å². The molecule has 3 atom stereocenters. The monoisotopic (exact) mass is 216 g/mol. The molecule has 3 unspecified atom stereocenters. The molecule has 0 heterocycles. The van der Waals surface area contributed by atoms with E-state index in [9.17, 15) is 5.11 Å². The molecule has 4 saturated carbocycles. The van der Waals surface area contributed by atoms with Crippen LogP contribution in [0.15, 0.2) is 24.3 Å². The molecule has 4 fully saturated rings. The van der Waals surface area contributed by atoms with Gasteiger partial charge in [-0.15, -0.1) is 0 Å². The van der Waals surface area contributed by atoms with Crippen LogP contribution < -0.4 is 4.74 Å². The van der Waals surface area contributed by atoms with Crippen LogP contribution in [0, 0.1) is 23.2 Å². The first-order chi connectivity index (χ1) is 7.80. The molecule has 0 amide bonds. The van der Waals surface area contributed by atoms with Crippen molar-refractivity contribution in [2.45, 2.75) is 18.9 Å². The number of hydrogen-bond donors (Lipinski definition) is 1. The molecule has 5 rings (SSSR count). The van der Waals surface area contributed by atoms with Crippen molar-refractivity contribution in [3.8, 4) is 5.75 Å². The lowest BCUT2D eigenvalue weighted by Gasteiger charge is -2.17. The predicted octanol–water partition coefficient (Wildman–Crippen LogP) is 2.38. The van der Waals surface area contributed by atoms with Gasteiger partial charge in [-0.3, -0.25) is 0 Å². The highest BCUT2D eigenvalue weighted by molar-refractivity contribution is 5.42. The van der Waals surface area contributed by atoms with E-state index in [1.54, 1.807) is 7.11 Å². The van der Waals surface area contributed by atoms with E-state index >= 15 is 0 Å². The number of aliphatic hydroxyl groups is 1. The Morgan fingerprint density at radius 2 is 1.88 bits per heavy atom. The highest BCUT2D eigenvalue weighted by Gasteiger charge is 2.91. The van der Waals surface area contributed by atoms with E-state index in [1.807, 2.05) is 24.3 Å². The topological polar surface area (TPSA) is 29.5 Å². The lowest BCUT2D eigenvalue weighted by Crippen LogP contribution is -2.11. The molecule has 4 aliphatic carbocycles. The van der Waals surface area contributed by atoms with Crippen LogP contribution in [0.4, 0.5) is 0 Å². The second-order valence-electron chi connectivity index (χ2n) is 5.49. The lowest BCUT2D eigenvalue weighted by molar-refractivity contribution is 0.107. The minimum atomic E-state index is -0.235. The summed E-state index contributed by atoms with van der Waals surface area (Å²) in [7, 11) is 1.67. The number of fused-ring (bicyclic) bond motifs is 1. The van der Waals surface area contributed by atoms with Crippen LogP contribution in [-0.2, 0) is 0 Å². The predicted molar refractivity (Wildman–Crippen MR) is 60.1 cm³/mol. The molecule has 16 heavy (non-hydrogen) atoms. The van der Waals surface area contributed by atoms with Gasteiger partial charge in [-0.1, -0.05) is 12.1 Å². The zero-order chi connectivity index (χ0) is 10.9. The fraction of sp³-hybridized carbons (Fsp3) is 0.571. The summed E-state index contributed by atoms with van der Waals surface area (Å²) in [6.45, 7) is 0. The molecule has 1 aromatic carbocycles. The molecular weight excluding hydrogens is 200 g/mol. The molecule has 1 N–H and O–H groups in total. The van der Waals surface area contributed by atoms with Crippen LogP contribution in [-0.4, -0.2) is 12.2 Å². The van der Waals surface area contributed by atoms with Crippen LogP contribution in [0.3, 0.4) is 0 Å². The molecule has 2 bridgehead atoms. The summed E-state index contributed by atoms with van der Waals surface area (Å²) in [5.74, 6) is 3.41. The molecular formula is C14H16O2. The van der Waals surface area contributed by atoms with Gasteiger partial charge in [0.1, 0.15) is 5.75 Å². The zero-order valence-corrected chi connectivity index (χ0v) is 9.39. The SMILES string of the molecule is COc1ccc(C(O)C23C4CCC2C43)cc1. The van der Waals surface area contributed by atoms with Gasteiger partial charge in [0.2, 0.25) is 0 Å². The van der Waals surface area contributed by atoms with Crippen molar-refractivity contribution >= 4 is 0 Å². The van der Waals surface area contributed by atoms with Gasteiger partial charge in [-0.2, -0.15) is 0 Å². The molecule has 0 aromatic heterocycles. The Bertz CT molecular complexity index is 415. The Labute approximate surface area is 95.2 Å². The van der Waals surface area contributed by atoms with Crippen molar-refractivity contribution in [3.63, 3.8) is 0 Å². The highest BCUT2D eigenvalue weighted by atomic mass is 16.5. The number of ether oxygens (including phenoxy) is 1. The number of hydrogen-bond acceptors (Lipinski definition) is 2. The normalized spacial score (nSPS) is 43.8. The van der Waals surface area contributed by atoms with Gasteiger partial charge in [-0.05, 0) is 48.3 Å². The largest absolute Gasteiger partial charge is 0.497 e. The van der Waals surface area contributed by atoms with E-state index in [0.717, 1.165) is 29.1 Å². The quantitative estimate of drug-likeness (QED) is 0.840. The van der Waals surface area contributed by atoms with Crippen molar-refractivity contribution in [2.24, 2.45) is 23.2 Å². The van der Waals surface area contributed by atoms with Crippen molar-refractivity contribution in [3.05, 3.63) is 29.8 Å². The van der Waals surface area contributed by atoms with Crippen molar-refractivity contribution < 1.29 is 9.84 Å². The van der Waals surface area contributed by atoms with E-state index in [-0.39, 0.29) is 6.10 Å². The summed E-state index contributed by atoms with van der Waals surface area (Å²) in [4.78, 5) is 0. The van der Waals surface area contributed by atoms with E-state index < -0.39 is 0 Å². The first kappa shape index (κ1) is 9.06. The molecule has 1 aromatic rings. The van der Waals surface area contributed by atoms with Crippen LogP contribution >= 0.6 is 0 Å². The van der Waals surface area contributed by atoms with E-state index in [4.69, 9.17) is 4.74 Å². The van der Waals surface area contributed by atoms with E-state index in [1.165, 1.54) is 12.8 Å². The summed E-state index contributed by atoms with van der Waals surface area (Å²) in [6.07, 6.45) is 2.46. The second-order valence-corrected chi connectivity index (χ2v) is 5.49. The van der Waals surface area contributed by atoms with Gasteiger partial charge >= 0.3 is 0 Å². The van der Waals surface area contributed by atoms with Gasteiger partial charge < -0.3 is 9.84 Å². The standard InChI is InChI=1S/C14H16O2/c1-16-9-4-2-8(3-5-9)13(15)14-10-6-7-11(14)12(10)14/h2-5,10-13,15H,6-7H2,1H3. The third-order valence-electron chi connectivity index (χ3n) is 5.20. The number of rotatable bonds is 3. The maximum absolute atomic E-state index is 10.5. The summed E-state index contributed by atoms with van der Waals surface area (Å²) < 4.78 is 5.13. The van der Waals surface area contributed by atoms with Gasteiger partial charge in [0, 0.05) is 5.41 Å². The Balaban J connectivity index is 1.61. The van der Waals surface area contributed by atoms with Crippen LogP contribution in [0.25, 0.3) is 0 Å². The summed E-state index contributed by atoms with van der Waals surface area (Å²) in [5, 5.41) is 10.5. The minimum absolute atomic E-state index is 0.235. The molecule has 2 nitrogen and oxygen atoms in total. The fourth-order valence-electron chi connectivity index (χ4n) is 4.39. The Hall–Kier alpha value is -1.02. The van der Waals surface area contributed by atoms with Gasteiger partial charge in [0.15, 0.2) is 0 Å². The summed E-state index contributed by atoms with van der Waals surface area (Å²) >= 11 is 0. The average Bonchev–Trinajstić information content (AvgIpc) is 3.03. The van der Waals surface area contributed by atoms with E-state index in [0.29, 0.717) is 5.41 Å². The molecule has 0 saturated heterocycles. The summed E-state index contributed by atoms with van der Waals surface area (Å²) in [6, 6.07) is 7.89. The number of aliphatic hydroxyl groups excluding tert-OH is 1. The molecule has 0 radical (unpaired) electrons. The average molecular weight is 216 g/mol. The maximum Gasteiger partial charge on any atom is 0.118 e. The molecule has 0 spiro atoms. The first-order valence-electron chi connectivity index (χ1n) is 6.12. The lowest BCUT2D eigenvalue weighted by atomic mass is 9.94. The van der Waals surface area contributed by atoms with Crippen molar-refractivity contribution in [1.82, 2.24) is 0 Å². The highest BCUT2D eigenvalue weighted by Crippen LogP contribution is 2.94. The maximum atomic E-state index is 10.5. The first-order valence-corrected chi connectivity index (χ1v) is 6.12. The second kappa shape index (κ2) is 2.62. The Morgan fingerprint density at radius 1 is 1.25 bits per heavy atom. The Kier molecular flexibility index (Phi) is 1.48. The smallest absolute Gasteiger partial charge is 0.118 e. The van der Waals surface area contributed by atoms with Gasteiger partial charge in [0.05, 0.1) is 13.2 Å². The minimum Gasteiger partial charge on any atom is -0.497 e. The molecule has 84 valence electrons. The van der Waals surface area contributed by atoms with E-state index in [2.05, 4.69) is 0 Å². The van der Waals surface area contributed by atoms with Crippen LogP contribution in [0.1, 0.15) is 24.5 Å². The molecule has 2 heteroatoms. The Morgan fingerprint density at radius 3 is 2.38 bits per heavy atom. The van der Waals surface area contributed by atoms with Crippen LogP contribution in [0.2, 0.25) is 0 Å². The summed E-state index contributed by atoms with van der Waals surface area (Å²) in [5.41, 5.74) is 1.38. The van der Waals surface area contributed by atoms with Crippen molar-refractivity contribution in [2.75, 3.05) is 7.11 Å². The van der Waals surface area contributed by atoms with Crippen LogP contribution in [0.5, 0.6) is 5.75 Å². The van der Waals surface area contributed by atoms with Crippen molar-refractivity contribution in [1.29, 1.82) is 0 Å². The third-order valence-corrected chi connectivity index (χ3v) is 5.20. The van der Waals surface area contributed by atoms with Gasteiger partial charge in [0.25, 0.3) is 0 Å². The third kappa shape index (κ3) is 0.809. The fourth-order valence-corrected chi connectivity index (χ4v) is 4.39. The molecule has 0 aliphatic heterocycles. The zero-order valence-electron chi connectivity index (χ0n) is 9.39. The number of benzene rings is 1.